The second-order valence-electron chi connectivity index (χ2n) is 9.70. The smallest absolute Gasteiger partial charge is 0.319 e. The van der Waals surface area contributed by atoms with Gasteiger partial charge < -0.3 is 14.2 Å². The van der Waals surface area contributed by atoms with Crippen LogP contribution >= 0.6 is 15.9 Å². The van der Waals surface area contributed by atoms with Crippen LogP contribution in [0.15, 0.2) is 71.2 Å². The molecule has 3 aromatic carbocycles. The van der Waals surface area contributed by atoms with Gasteiger partial charge in [0, 0.05) is 16.0 Å². The van der Waals surface area contributed by atoms with Crippen molar-refractivity contribution in [3.05, 3.63) is 87.9 Å². The molecule has 1 saturated heterocycles. The minimum atomic E-state index is -0.899. The van der Waals surface area contributed by atoms with Gasteiger partial charge in [-0.25, -0.2) is 4.90 Å². The van der Waals surface area contributed by atoms with E-state index in [1.165, 1.54) is 4.90 Å². The van der Waals surface area contributed by atoms with E-state index in [0.29, 0.717) is 28.5 Å². The van der Waals surface area contributed by atoms with Crippen LogP contribution in [0.2, 0.25) is 0 Å². The zero-order chi connectivity index (χ0) is 25.4. The number of imide groups is 1. The molecular weight excluding hydrogens is 538 g/mol. The summed E-state index contributed by atoms with van der Waals surface area (Å²) in [5, 5.41) is 0. The molecule has 7 rings (SSSR count). The Hall–Kier alpha value is -3.91. The molecule has 1 aliphatic carbocycles. The Bertz CT molecular complexity index is 1560. The minimum absolute atomic E-state index is 0.130. The van der Waals surface area contributed by atoms with Gasteiger partial charge in [-0.1, -0.05) is 46.3 Å². The van der Waals surface area contributed by atoms with Gasteiger partial charge >= 0.3 is 5.97 Å². The van der Waals surface area contributed by atoms with E-state index < -0.39 is 35.5 Å². The van der Waals surface area contributed by atoms with Gasteiger partial charge in [-0.05, 0) is 60.0 Å². The highest BCUT2D eigenvalue weighted by Gasteiger charge is 2.60. The number of ether oxygens (including phenoxy) is 3. The van der Waals surface area contributed by atoms with Crippen molar-refractivity contribution < 1.29 is 28.6 Å². The summed E-state index contributed by atoms with van der Waals surface area (Å²) in [5.74, 6) is -2.57. The fraction of sp³-hybridized carbons (Fsp3) is 0.207. The molecule has 0 saturated carbocycles. The number of rotatable bonds is 2. The third kappa shape index (κ3) is 3.28. The van der Waals surface area contributed by atoms with E-state index in [2.05, 4.69) is 15.9 Å². The molecule has 0 bridgehead atoms. The predicted molar refractivity (Wildman–Crippen MR) is 137 cm³/mol. The lowest BCUT2D eigenvalue weighted by Gasteiger charge is -2.38. The molecule has 4 atom stereocenters. The summed E-state index contributed by atoms with van der Waals surface area (Å²) >= 11 is 3.43. The van der Waals surface area contributed by atoms with Crippen molar-refractivity contribution in [3.8, 4) is 17.2 Å². The van der Waals surface area contributed by atoms with Crippen molar-refractivity contribution in [1.29, 1.82) is 0 Å². The summed E-state index contributed by atoms with van der Waals surface area (Å²) in [6.45, 7) is 2.06. The second-order valence-corrected chi connectivity index (χ2v) is 10.6. The number of benzene rings is 3. The molecule has 1 fully saturated rings. The number of halogens is 1. The maximum atomic E-state index is 14.0. The first-order valence-electron chi connectivity index (χ1n) is 12.0. The first-order chi connectivity index (χ1) is 17.9. The number of hydrogen-bond donors (Lipinski definition) is 0. The Morgan fingerprint density at radius 2 is 1.68 bits per heavy atom. The van der Waals surface area contributed by atoms with Gasteiger partial charge in [-0.2, -0.15) is 0 Å². The predicted octanol–water partition coefficient (Wildman–Crippen LogP) is 5.01. The Kier molecular flexibility index (Phi) is 4.85. The van der Waals surface area contributed by atoms with E-state index in [-0.39, 0.29) is 12.7 Å². The standard InChI is InChI=1S/C29H20BrNO6/c1-14-5-7-18-20-12-19(15-6-8-21-23(10-15)36-13-35-21)24-26(25(20)29(34)37-22(18)9-14)28(33)31(27(24)32)17-4-2-3-16(30)11-17/h2-12,19,24-26H,13H2,1H3/t19-,24-,25-,26-/m1/s1. The van der Waals surface area contributed by atoms with Gasteiger partial charge in [0.2, 0.25) is 18.6 Å². The highest BCUT2D eigenvalue weighted by atomic mass is 79.9. The summed E-state index contributed by atoms with van der Waals surface area (Å²) in [5.41, 5.74) is 3.72. The maximum absolute atomic E-state index is 14.0. The normalized spacial score (nSPS) is 25.3. The Labute approximate surface area is 220 Å². The second kappa shape index (κ2) is 8.05. The van der Waals surface area contributed by atoms with Crippen LogP contribution in [0.4, 0.5) is 5.69 Å². The van der Waals surface area contributed by atoms with Crippen LogP contribution in [0, 0.1) is 24.7 Å². The summed E-state index contributed by atoms with van der Waals surface area (Å²) in [4.78, 5) is 42.6. The Morgan fingerprint density at radius 3 is 2.51 bits per heavy atom. The highest BCUT2D eigenvalue weighted by Crippen LogP contribution is 2.55. The zero-order valence-corrected chi connectivity index (χ0v) is 21.2. The molecule has 184 valence electrons. The molecule has 0 radical (unpaired) electrons. The van der Waals surface area contributed by atoms with Crippen molar-refractivity contribution in [2.75, 3.05) is 11.7 Å². The molecule has 3 heterocycles. The number of anilines is 1. The molecule has 4 aliphatic rings. The van der Waals surface area contributed by atoms with Crippen molar-refractivity contribution in [2.24, 2.45) is 17.8 Å². The van der Waals surface area contributed by atoms with Crippen molar-refractivity contribution in [3.63, 3.8) is 0 Å². The largest absolute Gasteiger partial charge is 0.454 e. The number of amides is 2. The molecule has 37 heavy (non-hydrogen) atoms. The number of carbonyl (C=O) groups excluding carboxylic acids is 3. The molecule has 0 unspecified atom stereocenters. The van der Waals surface area contributed by atoms with Crippen LogP contribution in [-0.4, -0.2) is 24.6 Å². The van der Waals surface area contributed by atoms with Crippen molar-refractivity contribution >= 4 is 45.0 Å². The van der Waals surface area contributed by atoms with E-state index in [9.17, 15) is 14.4 Å². The number of esters is 1. The lowest BCUT2D eigenvalue weighted by Crippen LogP contribution is -2.42. The number of hydrogen-bond acceptors (Lipinski definition) is 6. The molecule has 0 aromatic heterocycles. The molecule has 8 heteroatoms. The first-order valence-corrected chi connectivity index (χ1v) is 12.8. The van der Waals surface area contributed by atoms with E-state index in [0.717, 1.165) is 21.2 Å². The number of allylic oxidation sites excluding steroid dienone is 1. The van der Waals surface area contributed by atoms with E-state index in [1.54, 1.807) is 18.2 Å². The molecule has 3 aromatic rings. The lowest BCUT2D eigenvalue weighted by atomic mass is 9.64. The third-order valence-corrected chi connectivity index (χ3v) is 8.09. The quantitative estimate of drug-likeness (QED) is 0.250. The molecule has 0 N–H and O–H groups in total. The highest BCUT2D eigenvalue weighted by molar-refractivity contribution is 9.10. The first kappa shape index (κ1) is 22.3. The van der Waals surface area contributed by atoms with Gasteiger partial charge in [0.25, 0.3) is 0 Å². The maximum Gasteiger partial charge on any atom is 0.319 e. The van der Waals surface area contributed by atoms with Crippen LogP contribution in [-0.2, 0) is 14.4 Å². The molecule has 3 aliphatic heterocycles. The monoisotopic (exact) mass is 557 g/mol. The molecular formula is C29H20BrNO6. The average molecular weight is 558 g/mol. The molecule has 0 spiro atoms. The summed E-state index contributed by atoms with van der Waals surface area (Å²) in [6.07, 6.45) is 1.97. The average Bonchev–Trinajstić information content (AvgIpc) is 3.45. The fourth-order valence-electron chi connectivity index (χ4n) is 5.98. The van der Waals surface area contributed by atoms with Crippen molar-refractivity contribution in [2.45, 2.75) is 12.8 Å². The van der Waals surface area contributed by atoms with Gasteiger partial charge in [0.05, 0.1) is 23.4 Å². The van der Waals surface area contributed by atoms with Crippen LogP contribution in [0.3, 0.4) is 0 Å². The van der Waals surface area contributed by atoms with E-state index in [1.807, 2.05) is 55.5 Å². The number of fused-ring (bicyclic) bond motifs is 6. The minimum Gasteiger partial charge on any atom is -0.454 e. The SMILES string of the molecule is Cc1ccc2c(c1)OC(=O)[C@@H]1C2=C[C@H](c2ccc3c(c2)OCO3)[C@H]2C(=O)N(c3cccc(Br)c3)C(=O)[C@@H]12. The van der Waals surface area contributed by atoms with Crippen LogP contribution in [0.1, 0.15) is 22.6 Å². The van der Waals surface area contributed by atoms with Crippen LogP contribution < -0.4 is 19.1 Å². The molecule has 2 amide bonds. The van der Waals surface area contributed by atoms with Crippen molar-refractivity contribution in [1.82, 2.24) is 0 Å². The fourth-order valence-corrected chi connectivity index (χ4v) is 6.37. The Morgan fingerprint density at radius 1 is 0.865 bits per heavy atom. The summed E-state index contributed by atoms with van der Waals surface area (Å²) in [6, 6.07) is 18.3. The van der Waals surface area contributed by atoms with Gasteiger partial charge in [0.15, 0.2) is 11.5 Å². The third-order valence-electron chi connectivity index (χ3n) is 7.60. The summed E-state index contributed by atoms with van der Waals surface area (Å²) in [7, 11) is 0. The lowest BCUT2D eigenvalue weighted by molar-refractivity contribution is -0.142. The van der Waals surface area contributed by atoms with E-state index >= 15 is 0 Å². The molecule has 7 nitrogen and oxygen atoms in total. The summed E-state index contributed by atoms with van der Waals surface area (Å²) < 4.78 is 17.6. The topological polar surface area (TPSA) is 82.1 Å². The van der Waals surface area contributed by atoms with Gasteiger partial charge in [0.1, 0.15) is 5.75 Å². The van der Waals surface area contributed by atoms with Gasteiger partial charge in [-0.3, -0.25) is 14.4 Å². The zero-order valence-electron chi connectivity index (χ0n) is 19.6. The number of carbonyl (C=O) groups is 3. The Balaban J connectivity index is 1.43. The van der Waals surface area contributed by atoms with Crippen LogP contribution in [0.25, 0.3) is 5.57 Å². The number of aryl methyl sites for hydroxylation is 1. The van der Waals surface area contributed by atoms with E-state index in [4.69, 9.17) is 14.2 Å². The van der Waals surface area contributed by atoms with Crippen LogP contribution in [0.5, 0.6) is 17.2 Å². The van der Waals surface area contributed by atoms with Gasteiger partial charge in [-0.15, -0.1) is 0 Å². The number of nitrogens with zero attached hydrogens (tertiary/aromatic N) is 1.